The molecule has 1 aromatic carbocycles. The van der Waals surface area contributed by atoms with Crippen LogP contribution in [0.15, 0.2) is 18.2 Å². The first kappa shape index (κ1) is 10.1. The van der Waals surface area contributed by atoms with Crippen molar-refractivity contribution in [1.82, 2.24) is 4.98 Å². The van der Waals surface area contributed by atoms with Crippen LogP contribution in [-0.2, 0) is 16.0 Å². The second-order valence-corrected chi connectivity index (χ2v) is 4.69. The topological polar surface area (TPSA) is 59.2 Å². The molecule has 1 aromatic heterocycles. The third-order valence-corrected chi connectivity index (χ3v) is 3.47. The average molecular weight is 241 g/mol. The molecule has 0 amide bonds. The monoisotopic (exact) mass is 241 g/mol. The summed E-state index contributed by atoms with van der Waals surface area (Å²) in [6.45, 7) is 0. The van der Waals surface area contributed by atoms with Crippen molar-refractivity contribution in [2.45, 2.75) is 0 Å². The van der Waals surface area contributed by atoms with E-state index < -0.39 is 0 Å². The fraction of sp³-hybridized carbons (Fsp3) is 0.111. The number of nitrogens with one attached hydrogen (secondary N) is 1. The zero-order chi connectivity index (χ0) is 10.8. The van der Waals surface area contributed by atoms with Crippen LogP contribution >= 0.6 is 11.3 Å². The molecule has 0 aliphatic rings. The van der Waals surface area contributed by atoms with Gasteiger partial charge in [-0.2, -0.15) is 0 Å². The first-order valence-electron chi connectivity index (χ1n) is 4.08. The summed E-state index contributed by atoms with van der Waals surface area (Å²) in [7, 11) is 1.34. The van der Waals surface area contributed by atoms with E-state index in [2.05, 4.69) is 9.72 Å². The number of hydrogen-bond acceptors (Lipinski definition) is 4. The Hall–Kier alpha value is -1.40. The molecule has 0 bridgehead atoms. The van der Waals surface area contributed by atoms with Crippen LogP contribution in [0.3, 0.4) is 0 Å². The quantitative estimate of drug-likeness (QED) is 0.611. The highest BCUT2D eigenvalue weighted by molar-refractivity contribution is 7.60. The van der Waals surface area contributed by atoms with Gasteiger partial charge >= 0.3 is 5.97 Å². The first-order valence-corrected chi connectivity index (χ1v) is 5.64. The Labute approximate surface area is 92.6 Å². The second kappa shape index (κ2) is 4.00. The Balaban J connectivity index is 2.65. The number of methoxy groups -OCH3 is 1. The normalized spacial score (nSPS) is 10.2. The number of fused-ring (bicyclic) bond motifs is 1. The van der Waals surface area contributed by atoms with Gasteiger partial charge in [-0.15, -0.1) is 11.3 Å². The first-order chi connectivity index (χ1) is 7.24. The van der Waals surface area contributed by atoms with E-state index in [0.29, 0.717) is 20.8 Å². The molecule has 2 aromatic rings. The van der Waals surface area contributed by atoms with E-state index in [4.69, 9.17) is 0 Å². The number of benzene rings is 1. The van der Waals surface area contributed by atoms with Gasteiger partial charge in [-0.1, -0.05) is 0 Å². The molecule has 0 fully saturated rings. The lowest BCUT2D eigenvalue weighted by atomic mass is 10.2. The molecule has 4 nitrogen and oxygen atoms in total. The predicted octanol–water partition coefficient (Wildman–Crippen LogP) is 1.76. The number of thiazole rings is 1. The molecule has 0 aliphatic heterocycles. The van der Waals surface area contributed by atoms with E-state index in [9.17, 15) is 9.00 Å². The molecule has 0 atom stereocenters. The SMILES string of the molecule is COC(=O)c1ccc2[nH]c(=S=O)sc2c1. The third-order valence-electron chi connectivity index (χ3n) is 1.92. The van der Waals surface area contributed by atoms with Gasteiger partial charge in [-0.05, 0) is 18.2 Å². The summed E-state index contributed by atoms with van der Waals surface area (Å²) in [5.41, 5.74) is 1.34. The van der Waals surface area contributed by atoms with Crippen LogP contribution in [0.25, 0.3) is 10.2 Å². The van der Waals surface area contributed by atoms with Crippen LogP contribution in [-0.4, -0.2) is 22.3 Å². The molecule has 2 rings (SSSR count). The molecule has 6 heteroatoms. The zero-order valence-corrected chi connectivity index (χ0v) is 9.41. The molecule has 78 valence electrons. The Kier molecular flexibility index (Phi) is 2.70. The standard InChI is InChI=1S/C9H7NO3S2/c1-13-8(11)5-2-3-6-7(4-5)14-9(10-6)15-12/h2-4,10H,1H3. The van der Waals surface area contributed by atoms with Crippen molar-refractivity contribution in [2.24, 2.45) is 0 Å². The van der Waals surface area contributed by atoms with Crippen LogP contribution in [0.4, 0.5) is 0 Å². The van der Waals surface area contributed by atoms with Crippen LogP contribution in [0.5, 0.6) is 0 Å². The van der Waals surface area contributed by atoms with Gasteiger partial charge in [-0.3, -0.25) is 0 Å². The minimum atomic E-state index is -0.373. The number of aromatic nitrogens is 1. The zero-order valence-electron chi connectivity index (χ0n) is 7.77. The van der Waals surface area contributed by atoms with E-state index >= 15 is 0 Å². The summed E-state index contributed by atoms with van der Waals surface area (Å²) in [4.78, 5) is 14.2. The molecule has 0 saturated heterocycles. The molecule has 0 saturated carbocycles. The van der Waals surface area contributed by atoms with Gasteiger partial charge in [0.05, 0.1) is 22.9 Å². The smallest absolute Gasteiger partial charge is 0.337 e. The molecular formula is C9H7NO3S2. The van der Waals surface area contributed by atoms with Crippen molar-refractivity contribution in [3.8, 4) is 0 Å². The summed E-state index contributed by atoms with van der Waals surface area (Å²) in [6, 6.07) is 5.14. The summed E-state index contributed by atoms with van der Waals surface area (Å²) >= 11 is 1.74. The van der Waals surface area contributed by atoms with Gasteiger partial charge in [-0.25, -0.2) is 9.00 Å². The number of hydrogen-bond donors (Lipinski definition) is 1. The number of rotatable bonds is 1. The molecule has 0 aliphatic carbocycles. The number of aromatic amines is 1. The summed E-state index contributed by atoms with van der Waals surface area (Å²) in [5, 5.41) is 0. The maximum absolute atomic E-state index is 11.2. The molecule has 15 heavy (non-hydrogen) atoms. The van der Waals surface area contributed by atoms with Crippen LogP contribution in [0.2, 0.25) is 0 Å². The van der Waals surface area contributed by atoms with Gasteiger partial charge in [0, 0.05) is 0 Å². The fourth-order valence-electron chi connectivity index (χ4n) is 1.23. The maximum atomic E-state index is 11.2. The molecule has 1 heterocycles. The molecule has 0 unspecified atom stereocenters. The largest absolute Gasteiger partial charge is 0.465 e. The highest BCUT2D eigenvalue weighted by Gasteiger charge is 2.06. The van der Waals surface area contributed by atoms with Gasteiger partial charge in [0.15, 0.2) is 3.95 Å². The number of carbonyl (C=O) groups is 1. The van der Waals surface area contributed by atoms with Crippen LogP contribution < -0.4 is 0 Å². The number of carbonyl (C=O) groups excluding carboxylic acids is 1. The summed E-state index contributed by atoms with van der Waals surface area (Å²) in [5.74, 6) is -0.373. The average Bonchev–Trinajstić information content (AvgIpc) is 2.69. The van der Waals surface area contributed by atoms with Crippen LogP contribution in [0.1, 0.15) is 10.4 Å². The predicted molar refractivity (Wildman–Crippen MR) is 58.9 cm³/mol. The van der Waals surface area contributed by atoms with Crippen molar-refractivity contribution in [3.63, 3.8) is 0 Å². The van der Waals surface area contributed by atoms with E-state index in [1.807, 2.05) is 0 Å². The lowest BCUT2D eigenvalue weighted by Gasteiger charge is -1.97. The van der Waals surface area contributed by atoms with E-state index in [1.54, 1.807) is 18.2 Å². The lowest BCUT2D eigenvalue weighted by molar-refractivity contribution is 0.0601. The van der Waals surface area contributed by atoms with Crippen molar-refractivity contribution in [1.29, 1.82) is 0 Å². The molecule has 0 spiro atoms. The van der Waals surface area contributed by atoms with Crippen molar-refractivity contribution in [3.05, 3.63) is 27.7 Å². The van der Waals surface area contributed by atoms with Crippen molar-refractivity contribution in [2.75, 3.05) is 7.11 Å². The van der Waals surface area contributed by atoms with Gasteiger partial charge in [0.1, 0.15) is 11.3 Å². The van der Waals surface area contributed by atoms with E-state index in [0.717, 1.165) is 10.2 Å². The van der Waals surface area contributed by atoms with Gasteiger partial charge in [0.25, 0.3) is 0 Å². The van der Waals surface area contributed by atoms with Crippen LogP contribution in [0, 0.1) is 3.95 Å². The Morgan fingerprint density at radius 3 is 3.00 bits per heavy atom. The van der Waals surface area contributed by atoms with Gasteiger partial charge < -0.3 is 9.72 Å². The number of H-pyrrole nitrogens is 1. The van der Waals surface area contributed by atoms with E-state index in [-0.39, 0.29) is 5.97 Å². The highest BCUT2D eigenvalue weighted by Crippen LogP contribution is 2.20. The Bertz CT molecular complexity index is 607. The lowest BCUT2D eigenvalue weighted by Crippen LogP contribution is -1.99. The summed E-state index contributed by atoms with van der Waals surface area (Å²) < 4.78 is 16.6. The minimum absolute atomic E-state index is 0.373. The Morgan fingerprint density at radius 2 is 2.33 bits per heavy atom. The maximum Gasteiger partial charge on any atom is 0.337 e. The second-order valence-electron chi connectivity index (χ2n) is 2.80. The van der Waals surface area contributed by atoms with Crippen molar-refractivity contribution < 1.29 is 13.7 Å². The minimum Gasteiger partial charge on any atom is -0.465 e. The third kappa shape index (κ3) is 1.86. The highest BCUT2D eigenvalue weighted by atomic mass is 32.2. The van der Waals surface area contributed by atoms with Crippen molar-refractivity contribution >= 4 is 38.8 Å². The number of esters is 1. The fourth-order valence-corrected chi connectivity index (χ4v) is 2.56. The van der Waals surface area contributed by atoms with E-state index in [1.165, 1.54) is 18.4 Å². The molecule has 0 radical (unpaired) electrons. The Morgan fingerprint density at radius 1 is 1.53 bits per heavy atom. The van der Waals surface area contributed by atoms with Gasteiger partial charge in [0.2, 0.25) is 0 Å². The molecule has 1 N–H and O–H groups in total. The summed E-state index contributed by atoms with van der Waals surface area (Å²) in [6.07, 6.45) is 0. The molecular weight excluding hydrogens is 234 g/mol. The number of ether oxygens (including phenoxy) is 1.